The van der Waals surface area contributed by atoms with Gasteiger partial charge in [-0.1, -0.05) is 6.07 Å². The van der Waals surface area contributed by atoms with Crippen LogP contribution in [-0.2, 0) is 11.4 Å². The number of carbonyl (C=O) groups is 1. The number of imidazole rings is 1. The summed E-state index contributed by atoms with van der Waals surface area (Å²) in [4.78, 5) is 18.1. The highest BCUT2D eigenvalue weighted by atomic mass is 16.3. The number of aliphatic hydroxyl groups is 1. The molecular formula is C14H20N4O2. The number of nitrogens with zero attached hydrogens (tertiary/aromatic N) is 3. The first-order valence-corrected chi connectivity index (χ1v) is 6.79. The van der Waals surface area contributed by atoms with Crippen LogP contribution in [-0.4, -0.2) is 40.0 Å². The summed E-state index contributed by atoms with van der Waals surface area (Å²) in [5, 5.41) is 12.4. The normalized spacial score (nSPS) is 10.8. The number of fused-ring (bicyclic) bond motifs is 1. The Bertz CT molecular complexity index is 594. The van der Waals surface area contributed by atoms with Crippen LogP contribution < -0.4 is 10.2 Å². The maximum absolute atomic E-state index is 11.8. The monoisotopic (exact) mass is 276 g/mol. The third-order valence-electron chi connectivity index (χ3n) is 3.15. The molecule has 6 nitrogen and oxygen atoms in total. The Morgan fingerprint density at radius 2 is 2.25 bits per heavy atom. The molecule has 108 valence electrons. The van der Waals surface area contributed by atoms with Gasteiger partial charge in [-0.15, -0.1) is 0 Å². The van der Waals surface area contributed by atoms with Gasteiger partial charge in [-0.3, -0.25) is 9.20 Å². The van der Waals surface area contributed by atoms with Gasteiger partial charge >= 0.3 is 0 Å². The van der Waals surface area contributed by atoms with Crippen LogP contribution in [0.2, 0.25) is 0 Å². The Kier molecular flexibility index (Phi) is 4.57. The fourth-order valence-electron chi connectivity index (χ4n) is 2.20. The van der Waals surface area contributed by atoms with Crippen LogP contribution in [0, 0.1) is 0 Å². The van der Waals surface area contributed by atoms with Gasteiger partial charge in [-0.25, -0.2) is 4.98 Å². The number of amides is 1. The zero-order valence-electron chi connectivity index (χ0n) is 11.8. The SMILES string of the molecule is CCNC(=O)CN(CC)c1nc2ccccn2c1CO. The van der Waals surface area contributed by atoms with Gasteiger partial charge in [0.25, 0.3) is 0 Å². The molecule has 0 fully saturated rings. The quantitative estimate of drug-likeness (QED) is 0.818. The molecule has 0 aromatic carbocycles. The van der Waals surface area contributed by atoms with E-state index in [1.807, 2.05) is 47.5 Å². The van der Waals surface area contributed by atoms with E-state index in [9.17, 15) is 9.90 Å². The molecular weight excluding hydrogens is 256 g/mol. The first-order chi connectivity index (χ1) is 9.71. The van der Waals surface area contributed by atoms with Gasteiger partial charge in [0.05, 0.1) is 18.8 Å². The predicted molar refractivity (Wildman–Crippen MR) is 77.7 cm³/mol. The van der Waals surface area contributed by atoms with Crippen molar-refractivity contribution >= 4 is 17.4 Å². The fraction of sp³-hybridized carbons (Fsp3) is 0.429. The average molecular weight is 276 g/mol. The molecule has 0 saturated carbocycles. The minimum absolute atomic E-state index is 0.0460. The molecule has 2 N–H and O–H groups in total. The molecule has 2 aromatic heterocycles. The van der Waals surface area contributed by atoms with Gasteiger partial charge in [0.2, 0.25) is 5.91 Å². The van der Waals surface area contributed by atoms with Crippen molar-refractivity contribution in [2.75, 3.05) is 24.5 Å². The maximum Gasteiger partial charge on any atom is 0.239 e. The second-order valence-electron chi connectivity index (χ2n) is 4.44. The number of anilines is 1. The van der Waals surface area contributed by atoms with E-state index in [1.54, 1.807) is 0 Å². The molecule has 2 heterocycles. The van der Waals surface area contributed by atoms with Crippen molar-refractivity contribution < 1.29 is 9.90 Å². The van der Waals surface area contributed by atoms with Crippen LogP contribution in [0.5, 0.6) is 0 Å². The van der Waals surface area contributed by atoms with E-state index >= 15 is 0 Å². The molecule has 6 heteroatoms. The molecule has 1 amide bonds. The van der Waals surface area contributed by atoms with Crippen LogP contribution in [0.3, 0.4) is 0 Å². The van der Waals surface area contributed by atoms with Crippen molar-refractivity contribution in [1.29, 1.82) is 0 Å². The molecule has 2 rings (SSSR count). The van der Waals surface area contributed by atoms with Crippen molar-refractivity contribution in [3.05, 3.63) is 30.1 Å². The van der Waals surface area contributed by atoms with Crippen molar-refractivity contribution in [2.45, 2.75) is 20.5 Å². The van der Waals surface area contributed by atoms with E-state index in [0.717, 1.165) is 5.65 Å². The lowest BCUT2D eigenvalue weighted by Crippen LogP contribution is -2.37. The first-order valence-electron chi connectivity index (χ1n) is 6.79. The van der Waals surface area contributed by atoms with Gasteiger partial charge in [0.15, 0.2) is 5.82 Å². The number of hydrogen-bond donors (Lipinski definition) is 2. The van der Waals surface area contributed by atoms with Crippen LogP contribution in [0.15, 0.2) is 24.4 Å². The molecule has 0 unspecified atom stereocenters. The number of hydrogen-bond acceptors (Lipinski definition) is 4. The van der Waals surface area contributed by atoms with Gasteiger partial charge in [-0.2, -0.15) is 0 Å². The average Bonchev–Trinajstić information content (AvgIpc) is 2.83. The third kappa shape index (κ3) is 2.75. The number of carbonyl (C=O) groups excluding carboxylic acids is 1. The summed E-state index contributed by atoms with van der Waals surface area (Å²) < 4.78 is 1.84. The van der Waals surface area contributed by atoms with Crippen molar-refractivity contribution in [3.8, 4) is 0 Å². The van der Waals surface area contributed by atoms with Crippen LogP contribution in [0.4, 0.5) is 5.82 Å². The van der Waals surface area contributed by atoms with Gasteiger partial charge < -0.3 is 15.3 Å². The smallest absolute Gasteiger partial charge is 0.239 e. The van der Waals surface area contributed by atoms with E-state index in [1.165, 1.54) is 0 Å². The molecule has 0 aliphatic carbocycles. The van der Waals surface area contributed by atoms with Crippen molar-refractivity contribution in [3.63, 3.8) is 0 Å². The highest BCUT2D eigenvalue weighted by Gasteiger charge is 2.18. The van der Waals surface area contributed by atoms with Gasteiger partial charge in [-0.05, 0) is 26.0 Å². The predicted octanol–water partition coefficient (Wildman–Crippen LogP) is 0.789. The summed E-state index contributed by atoms with van der Waals surface area (Å²) in [7, 11) is 0. The Morgan fingerprint density at radius 3 is 2.90 bits per heavy atom. The van der Waals surface area contributed by atoms with E-state index in [2.05, 4.69) is 10.3 Å². The largest absolute Gasteiger partial charge is 0.390 e. The summed E-state index contributed by atoms with van der Waals surface area (Å²) in [5.41, 5.74) is 1.47. The molecule has 0 spiro atoms. The minimum Gasteiger partial charge on any atom is -0.390 e. The number of rotatable bonds is 6. The van der Waals surface area contributed by atoms with Crippen molar-refractivity contribution in [2.24, 2.45) is 0 Å². The lowest BCUT2D eigenvalue weighted by molar-refractivity contribution is -0.119. The fourth-order valence-corrected chi connectivity index (χ4v) is 2.20. The van der Waals surface area contributed by atoms with E-state index in [0.29, 0.717) is 24.6 Å². The highest BCUT2D eigenvalue weighted by molar-refractivity contribution is 5.81. The number of aliphatic hydroxyl groups excluding tert-OH is 1. The van der Waals surface area contributed by atoms with Gasteiger partial charge in [0.1, 0.15) is 5.65 Å². The van der Waals surface area contributed by atoms with E-state index < -0.39 is 0 Å². The summed E-state index contributed by atoms with van der Waals surface area (Å²) in [5.74, 6) is 0.614. The Morgan fingerprint density at radius 1 is 1.45 bits per heavy atom. The molecule has 0 bridgehead atoms. The van der Waals surface area contributed by atoms with Crippen molar-refractivity contribution in [1.82, 2.24) is 14.7 Å². The number of likely N-dealkylation sites (N-methyl/N-ethyl adjacent to an activating group) is 2. The van der Waals surface area contributed by atoms with Crippen LogP contribution >= 0.6 is 0 Å². The zero-order chi connectivity index (χ0) is 14.5. The maximum atomic E-state index is 11.8. The second-order valence-corrected chi connectivity index (χ2v) is 4.44. The molecule has 0 aliphatic heterocycles. The Balaban J connectivity index is 2.36. The summed E-state index contributed by atoms with van der Waals surface area (Å²) in [6.45, 7) is 5.22. The minimum atomic E-state index is -0.119. The second kappa shape index (κ2) is 6.38. The van der Waals surface area contributed by atoms with Crippen LogP contribution in [0.25, 0.3) is 5.65 Å². The number of pyridine rings is 1. The summed E-state index contributed by atoms with van der Waals surface area (Å²) >= 11 is 0. The first kappa shape index (κ1) is 14.3. The molecule has 0 radical (unpaired) electrons. The third-order valence-corrected chi connectivity index (χ3v) is 3.15. The number of aromatic nitrogens is 2. The molecule has 0 atom stereocenters. The Labute approximate surface area is 118 Å². The summed E-state index contributed by atoms with van der Waals surface area (Å²) in [6, 6.07) is 5.66. The lowest BCUT2D eigenvalue weighted by atomic mass is 10.3. The van der Waals surface area contributed by atoms with Crippen LogP contribution in [0.1, 0.15) is 19.5 Å². The van der Waals surface area contributed by atoms with Gasteiger partial charge in [0, 0.05) is 19.3 Å². The number of nitrogens with one attached hydrogen (secondary N) is 1. The zero-order valence-corrected chi connectivity index (χ0v) is 11.8. The molecule has 0 aliphatic rings. The molecule has 2 aromatic rings. The standard InChI is InChI=1S/C14H20N4O2/c1-3-15-13(20)9-17(4-2)14-11(10-19)18-8-6-5-7-12(18)16-14/h5-8,19H,3-4,9-10H2,1-2H3,(H,15,20). The lowest BCUT2D eigenvalue weighted by Gasteiger charge is -2.20. The Hall–Kier alpha value is -2.08. The van der Waals surface area contributed by atoms with E-state index in [-0.39, 0.29) is 19.1 Å². The highest BCUT2D eigenvalue weighted by Crippen LogP contribution is 2.21. The summed E-state index contributed by atoms with van der Waals surface area (Å²) in [6.07, 6.45) is 1.86. The molecule has 0 saturated heterocycles. The topological polar surface area (TPSA) is 69.9 Å². The van der Waals surface area contributed by atoms with E-state index in [4.69, 9.17) is 0 Å². The molecule has 20 heavy (non-hydrogen) atoms.